The zero-order valence-electron chi connectivity index (χ0n) is 10.00. The van der Waals surface area contributed by atoms with Gasteiger partial charge in [-0.1, -0.05) is 29.8 Å². The van der Waals surface area contributed by atoms with Crippen LogP contribution in [0.15, 0.2) is 22.7 Å². The molecule has 0 saturated carbocycles. The average Bonchev–Trinajstić information content (AvgIpc) is 2.30. The molecule has 0 bridgehead atoms. The fourth-order valence-electron chi connectivity index (χ4n) is 1.92. The minimum atomic E-state index is 0.487. The van der Waals surface area contributed by atoms with Crippen molar-refractivity contribution >= 4 is 21.6 Å². The van der Waals surface area contributed by atoms with Gasteiger partial charge in [0.15, 0.2) is 0 Å². The number of nitriles is 1. The summed E-state index contributed by atoms with van der Waals surface area (Å²) in [6.45, 7) is 4.35. The molecule has 0 aliphatic heterocycles. The van der Waals surface area contributed by atoms with Gasteiger partial charge in [-0.05, 0) is 31.0 Å². The average molecular weight is 281 g/mol. The molecule has 0 amide bonds. The zero-order chi connectivity index (χ0) is 12.1. The highest BCUT2D eigenvalue weighted by molar-refractivity contribution is 9.10. The van der Waals surface area contributed by atoms with Crippen LogP contribution in [0.5, 0.6) is 0 Å². The monoisotopic (exact) mass is 280 g/mol. The molecule has 2 nitrogen and oxygen atoms in total. The molecule has 0 aromatic heterocycles. The largest absolute Gasteiger partial charge is 0.371 e. The number of hydrogen-bond donors (Lipinski definition) is 0. The number of hydrogen-bond acceptors (Lipinski definition) is 2. The first-order valence-electron chi connectivity index (χ1n) is 5.56. The minimum Gasteiger partial charge on any atom is -0.371 e. The normalized spacial score (nSPS) is 10.2. The molecular weight excluding hydrogens is 264 g/mol. The third kappa shape index (κ3) is 2.76. The van der Waals surface area contributed by atoms with Crippen molar-refractivity contribution < 1.29 is 0 Å². The predicted molar refractivity (Wildman–Crippen MR) is 71.6 cm³/mol. The highest BCUT2D eigenvalue weighted by Gasteiger charge is 2.14. The molecule has 0 unspecified atom stereocenters. The van der Waals surface area contributed by atoms with E-state index in [1.165, 1.54) is 0 Å². The maximum Gasteiger partial charge on any atom is 0.101 e. The van der Waals surface area contributed by atoms with E-state index < -0.39 is 0 Å². The Morgan fingerprint density at radius 1 is 1.38 bits per heavy atom. The highest BCUT2D eigenvalue weighted by atomic mass is 79.9. The lowest BCUT2D eigenvalue weighted by Crippen LogP contribution is -2.30. The molecule has 0 radical (unpaired) electrons. The topological polar surface area (TPSA) is 27.0 Å². The Morgan fingerprint density at radius 3 is 2.50 bits per heavy atom. The second kappa shape index (κ2) is 5.91. The fourth-order valence-corrected chi connectivity index (χ4v) is 2.27. The zero-order valence-corrected chi connectivity index (χ0v) is 11.6. The van der Waals surface area contributed by atoms with Crippen LogP contribution in [0.1, 0.15) is 32.3 Å². The molecule has 0 N–H and O–H groups in total. The number of benzene rings is 1. The second-order valence-electron chi connectivity index (χ2n) is 3.85. The number of anilines is 1. The van der Waals surface area contributed by atoms with Gasteiger partial charge in [-0.2, -0.15) is 5.26 Å². The first kappa shape index (κ1) is 13.1. The van der Waals surface area contributed by atoms with Gasteiger partial charge in [0.1, 0.15) is 6.07 Å². The van der Waals surface area contributed by atoms with Gasteiger partial charge in [0, 0.05) is 17.6 Å². The van der Waals surface area contributed by atoms with E-state index in [1.807, 2.05) is 18.2 Å². The third-order valence-corrected chi connectivity index (χ3v) is 3.44. The van der Waals surface area contributed by atoms with E-state index in [0.717, 1.165) is 28.6 Å². The van der Waals surface area contributed by atoms with Crippen LogP contribution in [-0.2, 0) is 0 Å². The standard InChI is InChI=1S/C13H17BrN2/c1-4-12(5-2)16(3)13-8-11(14)7-6-10(13)9-15/h6-8,12H,4-5H2,1-3H3. The van der Waals surface area contributed by atoms with Crippen LogP contribution in [-0.4, -0.2) is 13.1 Å². The molecule has 0 saturated heterocycles. The Kier molecular flexibility index (Phi) is 4.82. The summed E-state index contributed by atoms with van der Waals surface area (Å²) in [5, 5.41) is 9.09. The molecule has 0 heterocycles. The Hall–Kier alpha value is -1.01. The molecule has 0 fully saturated rings. The van der Waals surface area contributed by atoms with Gasteiger partial charge in [0.2, 0.25) is 0 Å². The number of rotatable bonds is 4. The fraction of sp³-hybridized carbons (Fsp3) is 0.462. The summed E-state index contributed by atoms with van der Waals surface area (Å²) in [7, 11) is 2.06. The summed E-state index contributed by atoms with van der Waals surface area (Å²) in [6, 6.07) is 8.51. The molecule has 1 aromatic carbocycles. The molecule has 1 aromatic rings. The van der Waals surface area contributed by atoms with E-state index in [4.69, 9.17) is 5.26 Å². The van der Waals surface area contributed by atoms with Crippen molar-refractivity contribution in [3.05, 3.63) is 28.2 Å². The maximum absolute atomic E-state index is 9.09. The molecule has 0 aliphatic rings. The summed E-state index contributed by atoms with van der Waals surface area (Å²) >= 11 is 3.45. The van der Waals surface area contributed by atoms with E-state index >= 15 is 0 Å². The van der Waals surface area contributed by atoms with Gasteiger partial charge >= 0.3 is 0 Å². The van der Waals surface area contributed by atoms with Crippen molar-refractivity contribution in [3.63, 3.8) is 0 Å². The second-order valence-corrected chi connectivity index (χ2v) is 4.77. The molecule has 16 heavy (non-hydrogen) atoms. The van der Waals surface area contributed by atoms with E-state index in [1.54, 1.807) is 0 Å². The smallest absolute Gasteiger partial charge is 0.101 e. The van der Waals surface area contributed by atoms with Crippen molar-refractivity contribution in [1.29, 1.82) is 5.26 Å². The van der Waals surface area contributed by atoms with Gasteiger partial charge < -0.3 is 4.90 Å². The SMILES string of the molecule is CCC(CC)N(C)c1cc(Br)ccc1C#N. The lowest BCUT2D eigenvalue weighted by Gasteiger charge is -2.29. The van der Waals surface area contributed by atoms with Crippen LogP contribution < -0.4 is 4.90 Å². The summed E-state index contributed by atoms with van der Waals surface area (Å²) in [5.41, 5.74) is 1.74. The van der Waals surface area contributed by atoms with Gasteiger partial charge in [-0.3, -0.25) is 0 Å². The summed E-state index contributed by atoms with van der Waals surface area (Å²) in [5.74, 6) is 0. The Labute approximate surface area is 106 Å². The summed E-state index contributed by atoms with van der Waals surface area (Å²) < 4.78 is 1.01. The molecule has 0 spiro atoms. The van der Waals surface area contributed by atoms with Crippen molar-refractivity contribution in [3.8, 4) is 6.07 Å². The highest BCUT2D eigenvalue weighted by Crippen LogP contribution is 2.26. The third-order valence-electron chi connectivity index (χ3n) is 2.95. The van der Waals surface area contributed by atoms with Crippen molar-refractivity contribution in [2.24, 2.45) is 0 Å². The molecule has 3 heteroatoms. The lowest BCUT2D eigenvalue weighted by atomic mass is 10.1. The van der Waals surface area contributed by atoms with Gasteiger partial charge in [0.05, 0.1) is 11.3 Å². The van der Waals surface area contributed by atoms with Crippen LogP contribution in [0, 0.1) is 11.3 Å². The van der Waals surface area contributed by atoms with E-state index in [2.05, 4.69) is 47.8 Å². The first-order chi connectivity index (χ1) is 7.63. The summed E-state index contributed by atoms with van der Waals surface area (Å²) in [6.07, 6.45) is 2.18. The van der Waals surface area contributed by atoms with Crippen LogP contribution in [0.3, 0.4) is 0 Å². The van der Waals surface area contributed by atoms with Crippen LogP contribution in [0.2, 0.25) is 0 Å². The quantitative estimate of drug-likeness (QED) is 0.835. The van der Waals surface area contributed by atoms with E-state index in [9.17, 15) is 0 Å². The Morgan fingerprint density at radius 2 is 2.00 bits per heavy atom. The number of halogens is 1. The molecule has 86 valence electrons. The predicted octanol–water partition coefficient (Wildman–Crippen LogP) is 3.95. The Bertz CT molecular complexity index is 391. The number of nitrogens with zero attached hydrogens (tertiary/aromatic N) is 2. The lowest BCUT2D eigenvalue weighted by molar-refractivity contribution is 0.591. The molecule has 0 aliphatic carbocycles. The van der Waals surface area contributed by atoms with Gasteiger partial charge in [0.25, 0.3) is 0 Å². The molecule has 1 rings (SSSR count). The van der Waals surface area contributed by atoms with Crippen LogP contribution in [0.4, 0.5) is 5.69 Å². The van der Waals surface area contributed by atoms with Crippen molar-refractivity contribution in [2.75, 3.05) is 11.9 Å². The maximum atomic E-state index is 9.09. The van der Waals surface area contributed by atoms with Gasteiger partial charge in [-0.25, -0.2) is 0 Å². The van der Waals surface area contributed by atoms with Gasteiger partial charge in [-0.15, -0.1) is 0 Å². The van der Waals surface area contributed by atoms with E-state index in [0.29, 0.717) is 6.04 Å². The van der Waals surface area contributed by atoms with Crippen LogP contribution in [0.25, 0.3) is 0 Å². The Balaban J connectivity index is 3.11. The van der Waals surface area contributed by atoms with Crippen molar-refractivity contribution in [2.45, 2.75) is 32.7 Å². The minimum absolute atomic E-state index is 0.487. The van der Waals surface area contributed by atoms with Crippen LogP contribution >= 0.6 is 15.9 Å². The molecular formula is C13H17BrN2. The van der Waals surface area contributed by atoms with Crippen molar-refractivity contribution in [1.82, 2.24) is 0 Å². The molecule has 0 atom stereocenters. The summed E-state index contributed by atoms with van der Waals surface area (Å²) in [4.78, 5) is 2.20. The first-order valence-corrected chi connectivity index (χ1v) is 6.35. The van der Waals surface area contributed by atoms with E-state index in [-0.39, 0.29) is 0 Å².